The minimum Gasteiger partial charge on any atom is -0.466 e. The zero-order valence-electron chi connectivity index (χ0n) is 11.5. The Morgan fingerprint density at radius 2 is 2.10 bits per heavy atom. The fourth-order valence-electron chi connectivity index (χ4n) is 2.37. The van der Waals surface area contributed by atoms with Crippen LogP contribution in [0.2, 0.25) is 0 Å². The third-order valence-electron chi connectivity index (χ3n) is 3.57. The van der Waals surface area contributed by atoms with E-state index in [1.165, 1.54) is 12.0 Å². The number of hydrogen-bond donors (Lipinski definition) is 4. The first-order valence-electron chi connectivity index (χ1n) is 6.51. The SMILES string of the molecule is COC(=O)C1=CC=CN(C2O[C@H](CO)[C@@H](O)[C@H](O)[C@H]2O)C1. The molecule has 2 aliphatic rings. The van der Waals surface area contributed by atoms with Crippen molar-refractivity contribution in [1.82, 2.24) is 4.90 Å². The number of allylic oxidation sites excluding steroid dienone is 2. The Morgan fingerprint density at radius 3 is 2.71 bits per heavy atom. The summed E-state index contributed by atoms with van der Waals surface area (Å²) in [6.45, 7) is -0.384. The Hall–Kier alpha value is -1.45. The van der Waals surface area contributed by atoms with Crippen molar-refractivity contribution in [3.63, 3.8) is 0 Å². The molecular weight excluding hydrogens is 282 g/mol. The molecule has 0 aliphatic carbocycles. The number of esters is 1. The standard InChI is InChI=1S/C13H19NO7/c1-20-13(19)7-3-2-4-14(5-7)12-11(18)10(17)9(16)8(6-15)21-12/h2-4,8-12,15-18H,5-6H2,1H3/t8-,9-,10+,11-,12?/m1/s1. The van der Waals surface area contributed by atoms with Gasteiger partial charge in [-0.25, -0.2) is 4.79 Å². The maximum atomic E-state index is 11.5. The van der Waals surface area contributed by atoms with Crippen LogP contribution in [-0.4, -0.2) is 82.2 Å². The summed E-state index contributed by atoms with van der Waals surface area (Å²) in [5.74, 6) is -0.506. The van der Waals surface area contributed by atoms with Gasteiger partial charge in [0, 0.05) is 6.20 Å². The number of methoxy groups -OCH3 is 1. The molecule has 2 rings (SSSR count). The molecule has 0 saturated carbocycles. The van der Waals surface area contributed by atoms with Gasteiger partial charge in [0.2, 0.25) is 0 Å². The van der Waals surface area contributed by atoms with Gasteiger partial charge in [0.05, 0.1) is 25.8 Å². The lowest BCUT2D eigenvalue weighted by atomic mass is 9.97. The molecule has 0 aromatic rings. The van der Waals surface area contributed by atoms with Crippen LogP contribution in [-0.2, 0) is 14.3 Å². The Balaban J connectivity index is 2.13. The van der Waals surface area contributed by atoms with Crippen molar-refractivity contribution in [3.8, 4) is 0 Å². The second-order valence-corrected chi connectivity index (χ2v) is 4.92. The molecule has 1 fully saturated rings. The molecule has 4 N–H and O–H groups in total. The van der Waals surface area contributed by atoms with E-state index in [0.717, 1.165) is 0 Å². The molecule has 0 bridgehead atoms. The molecule has 0 aromatic carbocycles. The third-order valence-corrected chi connectivity index (χ3v) is 3.57. The highest BCUT2D eigenvalue weighted by Crippen LogP contribution is 2.25. The van der Waals surface area contributed by atoms with Gasteiger partial charge in [0.1, 0.15) is 24.4 Å². The van der Waals surface area contributed by atoms with Crippen molar-refractivity contribution < 1.29 is 34.7 Å². The van der Waals surface area contributed by atoms with E-state index in [4.69, 9.17) is 9.84 Å². The van der Waals surface area contributed by atoms with Gasteiger partial charge in [-0.1, -0.05) is 0 Å². The van der Waals surface area contributed by atoms with E-state index in [0.29, 0.717) is 5.57 Å². The number of hydrogen-bond acceptors (Lipinski definition) is 8. The van der Waals surface area contributed by atoms with Gasteiger partial charge in [0.25, 0.3) is 0 Å². The fourth-order valence-corrected chi connectivity index (χ4v) is 2.37. The highest BCUT2D eigenvalue weighted by atomic mass is 16.6. The van der Waals surface area contributed by atoms with Gasteiger partial charge in [-0.15, -0.1) is 0 Å². The average molecular weight is 301 g/mol. The zero-order chi connectivity index (χ0) is 15.6. The summed E-state index contributed by atoms with van der Waals surface area (Å²) < 4.78 is 10.0. The van der Waals surface area contributed by atoms with Crippen LogP contribution in [0.5, 0.6) is 0 Å². The second-order valence-electron chi connectivity index (χ2n) is 4.92. The van der Waals surface area contributed by atoms with Crippen LogP contribution in [0, 0.1) is 0 Å². The molecule has 2 heterocycles. The van der Waals surface area contributed by atoms with Gasteiger partial charge in [-0.3, -0.25) is 0 Å². The topological polar surface area (TPSA) is 120 Å². The van der Waals surface area contributed by atoms with E-state index in [-0.39, 0.29) is 6.54 Å². The smallest absolute Gasteiger partial charge is 0.335 e. The van der Waals surface area contributed by atoms with Crippen LogP contribution in [0.4, 0.5) is 0 Å². The Bertz CT molecular complexity index is 448. The van der Waals surface area contributed by atoms with E-state index < -0.39 is 43.2 Å². The molecular formula is C13H19NO7. The van der Waals surface area contributed by atoms with Crippen LogP contribution in [0.15, 0.2) is 23.9 Å². The number of ether oxygens (including phenoxy) is 2. The molecule has 2 aliphatic heterocycles. The number of nitrogens with zero attached hydrogens (tertiary/aromatic N) is 1. The molecule has 0 aromatic heterocycles. The van der Waals surface area contributed by atoms with Gasteiger partial charge < -0.3 is 34.8 Å². The van der Waals surface area contributed by atoms with E-state index in [1.54, 1.807) is 18.4 Å². The van der Waals surface area contributed by atoms with E-state index in [9.17, 15) is 20.1 Å². The van der Waals surface area contributed by atoms with Crippen molar-refractivity contribution in [1.29, 1.82) is 0 Å². The van der Waals surface area contributed by atoms with Crippen molar-refractivity contribution >= 4 is 5.97 Å². The second kappa shape index (κ2) is 6.54. The lowest BCUT2D eigenvalue weighted by molar-refractivity contribution is -0.258. The summed E-state index contributed by atoms with van der Waals surface area (Å²) in [7, 11) is 1.26. The van der Waals surface area contributed by atoms with Gasteiger partial charge in [0.15, 0.2) is 6.23 Å². The van der Waals surface area contributed by atoms with Crippen LogP contribution in [0.1, 0.15) is 0 Å². The minimum atomic E-state index is -1.46. The maximum absolute atomic E-state index is 11.5. The molecule has 8 heteroatoms. The quantitative estimate of drug-likeness (QED) is 0.430. The molecule has 8 nitrogen and oxygen atoms in total. The third kappa shape index (κ3) is 3.09. The number of carbonyl (C=O) groups excluding carboxylic acids is 1. The summed E-state index contributed by atoms with van der Waals surface area (Å²) in [5, 5.41) is 38.7. The van der Waals surface area contributed by atoms with E-state index in [2.05, 4.69) is 4.74 Å². The molecule has 118 valence electrons. The summed E-state index contributed by atoms with van der Waals surface area (Å²) >= 11 is 0. The van der Waals surface area contributed by atoms with Crippen LogP contribution < -0.4 is 0 Å². The van der Waals surface area contributed by atoms with Crippen LogP contribution in [0.3, 0.4) is 0 Å². The predicted octanol–water partition coefficient (Wildman–Crippen LogP) is -2.28. The maximum Gasteiger partial charge on any atom is 0.335 e. The van der Waals surface area contributed by atoms with Crippen LogP contribution >= 0.6 is 0 Å². The largest absolute Gasteiger partial charge is 0.466 e. The molecule has 0 radical (unpaired) electrons. The summed E-state index contributed by atoms with van der Waals surface area (Å²) in [5.41, 5.74) is 0.358. The monoisotopic (exact) mass is 301 g/mol. The van der Waals surface area contributed by atoms with Gasteiger partial charge in [-0.2, -0.15) is 0 Å². The first-order valence-corrected chi connectivity index (χ1v) is 6.51. The summed E-state index contributed by atoms with van der Waals surface area (Å²) in [4.78, 5) is 13.0. The summed E-state index contributed by atoms with van der Waals surface area (Å²) in [6.07, 6.45) is -1.50. The molecule has 0 amide bonds. The number of aliphatic hydroxyl groups is 4. The van der Waals surface area contributed by atoms with E-state index >= 15 is 0 Å². The van der Waals surface area contributed by atoms with Crippen LogP contribution in [0.25, 0.3) is 0 Å². The Morgan fingerprint density at radius 1 is 1.38 bits per heavy atom. The van der Waals surface area contributed by atoms with Crippen molar-refractivity contribution in [2.75, 3.05) is 20.3 Å². The lowest BCUT2D eigenvalue weighted by Crippen LogP contribution is -2.62. The number of carbonyl (C=O) groups is 1. The molecule has 21 heavy (non-hydrogen) atoms. The lowest BCUT2D eigenvalue weighted by Gasteiger charge is -2.44. The number of rotatable bonds is 3. The molecule has 1 saturated heterocycles. The molecule has 1 unspecified atom stereocenters. The Kier molecular flexibility index (Phi) is 4.96. The first-order chi connectivity index (χ1) is 9.99. The highest BCUT2D eigenvalue weighted by molar-refractivity contribution is 5.89. The fraction of sp³-hybridized carbons (Fsp3) is 0.615. The Labute approximate surface area is 121 Å². The predicted molar refractivity (Wildman–Crippen MR) is 69.7 cm³/mol. The average Bonchev–Trinajstić information content (AvgIpc) is 2.52. The highest BCUT2D eigenvalue weighted by Gasteiger charge is 2.45. The van der Waals surface area contributed by atoms with Gasteiger partial charge in [-0.05, 0) is 12.2 Å². The molecule has 0 spiro atoms. The summed E-state index contributed by atoms with van der Waals surface area (Å²) in [6, 6.07) is 0. The van der Waals surface area contributed by atoms with Gasteiger partial charge >= 0.3 is 5.97 Å². The zero-order valence-corrected chi connectivity index (χ0v) is 11.5. The first kappa shape index (κ1) is 15.9. The van der Waals surface area contributed by atoms with Crippen molar-refractivity contribution in [3.05, 3.63) is 23.9 Å². The molecule has 5 atom stereocenters. The van der Waals surface area contributed by atoms with Crippen molar-refractivity contribution in [2.45, 2.75) is 30.6 Å². The van der Waals surface area contributed by atoms with Crippen molar-refractivity contribution in [2.24, 2.45) is 0 Å². The number of aliphatic hydroxyl groups excluding tert-OH is 4. The van der Waals surface area contributed by atoms with E-state index in [1.807, 2.05) is 0 Å². The minimum absolute atomic E-state index is 0.117. The normalized spacial score (nSPS) is 36.3.